The van der Waals surface area contributed by atoms with E-state index in [9.17, 15) is 14.0 Å². The molecule has 28 heavy (non-hydrogen) atoms. The number of rotatable bonds is 8. The van der Waals surface area contributed by atoms with Crippen LogP contribution in [-0.4, -0.2) is 36.4 Å². The maximum Gasteiger partial charge on any atom is 0.260 e. The lowest BCUT2D eigenvalue weighted by atomic mass is 9.99. The summed E-state index contributed by atoms with van der Waals surface area (Å²) in [5.41, 5.74) is 2.02. The number of hydrogen-bond donors (Lipinski definition) is 1. The lowest BCUT2D eigenvalue weighted by molar-refractivity contribution is -0.143. The number of anilines is 1. The quantitative estimate of drug-likeness (QED) is 0.756. The summed E-state index contributed by atoms with van der Waals surface area (Å²) in [6.45, 7) is 2.61. The minimum Gasteiger partial charge on any atom is -0.481 e. The van der Waals surface area contributed by atoms with Gasteiger partial charge in [-0.2, -0.15) is 0 Å². The first-order chi connectivity index (χ1) is 13.6. The molecular formula is C22H25FN2O3. The first-order valence-corrected chi connectivity index (χ1v) is 9.61. The van der Waals surface area contributed by atoms with Gasteiger partial charge in [-0.05, 0) is 42.7 Å². The lowest BCUT2D eigenvalue weighted by Gasteiger charge is -2.38. The largest absolute Gasteiger partial charge is 0.481 e. The van der Waals surface area contributed by atoms with Crippen LogP contribution in [0.15, 0.2) is 48.5 Å². The molecule has 0 aliphatic carbocycles. The van der Waals surface area contributed by atoms with Gasteiger partial charge in [-0.15, -0.1) is 0 Å². The van der Waals surface area contributed by atoms with Gasteiger partial charge in [-0.3, -0.25) is 9.59 Å². The first kappa shape index (κ1) is 19.9. The predicted octanol–water partition coefficient (Wildman–Crippen LogP) is 3.64. The molecule has 148 valence electrons. The van der Waals surface area contributed by atoms with Crippen LogP contribution in [0.25, 0.3) is 0 Å². The molecule has 0 spiro atoms. The number of unbranched alkanes of at least 4 members (excludes halogenated alkanes) is 1. The summed E-state index contributed by atoms with van der Waals surface area (Å²) >= 11 is 0. The van der Waals surface area contributed by atoms with Crippen LogP contribution in [0.2, 0.25) is 0 Å². The Hall–Kier alpha value is -2.89. The third kappa shape index (κ3) is 5.09. The van der Waals surface area contributed by atoms with Gasteiger partial charge in [-0.25, -0.2) is 4.39 Å². The zero-order chi connectivity index (χ0) is 19.9. The van der Waals surface area contributed by atoms with Gasteiger partial charge in [0.15, 0.2) is 18.2 Å². The Morgan fingerprint density at radius 1 is 1.14 bits per heavy atom. The normalized spacial score (nSPS) is 13.7. The molecule has 2 aromatic rings. The Morgan fingerprint density at radius 3 is 2.54 bits per heavy atom. The standard InChI is InChI=1S/C22H25FN2O3/c1-2-3-6-16-9-11-18(12-10-16)24-22(27)17-13-25(14-17)21(26)15-28-20-8-5-4-7-19(20)23/h4-5,7-12,17H,2-3,6,13-15H2,1H3,(H,24,27). The second-order valence-electron chi connectivity index (χ2n) is 7.00. The number of halogens is 1. The van der Waals surface area contributed by atoms with Gasteiger partial charge in [0.1, 0.15) is 0 Å². The zero-order valence-corrected chi connectivity index (χ0v) is 16.0. The summed E-state index contributed by atoms with van der Waals surface area (Å²) < 4.78 is 18.7. The van der Waals surface area contributed by atoms with Crippen molar-refractivity contribution in [2.45, 2.75) is 26.2 Å². The van der Waals surface area contributed by atoms with Crippen molar-refractivity contribution < 1.29 is 18.7 Å². The van der Waals surface area contributed by atoms with E-state index in [1.54, 1.807) is 17.0 Å². The van der Waals surface area contributed by atoms with Crippen LogP contribution < -0.4 is 10.1 Å². The number of carbonyl (C=O) groups excluding carboxylic acids is 2. The molecule has 1 aliphatic heterocycles. The third-order valence-corrected chi connectivity index (χ3v) is 4.83. The summed E-state index contributed by atoms with van der Waals surface area (Å²) in [6, 6.07) is 13.8. The van der Waals surface area contributed by atoms with E-state index in [0.29, 0.717) is 13.1 Å². The summed E-state index contributed by atoms with van der Waals surface area (Å²) in [5, 5.41) is 2.89. The number of ether oxygens (including phenoxy) is 1. The molecule has 1 saturated heterocycles. The Bertz CT molecular complexity index is 817. The Kier molecular flexibility index (Phi) is 6.63. The van der Waals surface area contributed by atoms with Crippen LogP contribution in [0.1, 0.15) is 25.3 Å². The Morgan fingerprint density at radius 2 is 1.86 bits per heavy atom. The fourth-order valence-corrected chi connectivity index (χ4v) is 3.02. The minimum absolute atomic E-state index is 0.0491. The number of para-hydroxylation sites is 1. The van der Waals surface area contributed by atoms with E-state index in [1.807, 2.05) is 24.3 Å². The van der Waals surface area contributed by atoms with Crippen molar-refractivity contribution in [2.75, 3.05) is 25.0 Å². The molecule has 0 saturated carbocycles. The minimum atomic E-state index is -0.503. The number of carbonyl (C=O) groups is 2. The van der Waals surface area contributed by atoms with E-state index in [4.69, 9.17) is 4.74 Å². The molecule has 0 unspecified atom stereocenters. The predicted molar refractivity (Wildman–Crippen MR) is 106 cm³/mol. The highest BCUT2D eigenvalue weighted by atomic mass is 19.1. The van der Waals surface area contributed by atoms with Gasteiger partial charge in [0.25, 0.3) is 5.91 Å². The molecule has 0 atom stereocenters. The molecule has 0 bridgehead atoms. The SMILES string of the molecule is CCCCc1ccc(NC(=O)C2CN(C(=O)COc3ccccc3F)C2)cc1. The van der Waals surface area contributed by atoms with Crippen LogP contribution in [0.4, 0.5) is 10.1 Å². The van der Waals surface area contributed by atoms with Crippen molar-refractivity contribution in [1.29, 1.82) is 0 Å². The average Bonchev–Trinajstić information content (AvgIpc) is 2.65. The first-order valence-electron chi connectivity index (χ1n) is 9.61. The summed E-state index contributed by atoms with van der Waals surface area (Å²) in [4.78, 5) is 26.0. The molecule has 1 N–H and O–H groups in total. The van der Waals surface area contributed by atoms with Crippen molar-refractivity contribution in [3.05, 3.63) is 59.9 Å². The third-order valence-electron chi connectivity index (χ3n) is 4.83. The molecule has 0 aromatic heterocycles. The molecule has 1 heterocycles. The van der Waals surface area contributed by atoms with Crippen molar-refractivity contribution in [2.24, 2.45) is 5.92 Å². The fourth-order valence-electron chi connectivity index (χ4n) is 3.02. The molecular weight excluding hydrogens is 359 g/mol. The number of hydrogen-bond acceptors (Lipinski definition) is 3. The molecule has 2 aromatic carbocycles. The highest BCUT2D eigenvalue weighted by molar-refractivity contribution is 5.94. The average molecular weight is 384 g/mol. The highest BCUT2D eigenvalue weighted by Crippen LogP contribution is 2.20. The number of likely N-dealkylation sites (tertiary alicyclic amines) is 1. The van der Waals surface area contributed by atoms with Gasteiger partial charge in [0.05, 0.1) is 5.92 Å². The van der Waals surface area contributed by atoms with E-state index in [1.165, 1.54) is 17.7 Å². The monoisotopic (exact) mass is 384 g/mol. The van der Waals surface area contributed by atoms with Crippen LogP contribution in [-0.2, 0) is 16.0 Å². The summed E-state index contributed by atoms with van der Waals surface area (Å²) in [6.07, 6.45) is 3.35. The van der Waals surface area contributed by atoms with Crippen LogP contribution in [0, 0.1) is 11.7 Å². The van der Waals surface area contributed by atoms with Gasteiger partial charge in [-0.1, -0.05) is 37.6 Å². The van der Waals surface area contributed by atoms with Crippen LogP contribution >= 0.6 is 0 Å². The topological polar surface area (TPSA) is 58.6 Å². The number of aryl methyl sites for hydroxylation is 1. The van der Waals surface area contributed by atoms with Crippen molar-refractivity contribution in [3.63, 3.8) is 0 Å². The number of amides is 2. The zero-order valence-electron chi connectivity index (χ0n) is 16.0. The van der Waals surface area contributed by atoms with Crippen molar-refractivity contribution in [1.82, 2.24) is 4.90 Å². The van der Waals surface area contributed by atoms with Crippen LogP contribution in [0.3, 0.4) is 0 Å². The summed E-state index contributed by atoms with van der Waals surface area (Å²) in [5.74, 6) is -1.05. The van der Waals surface area contributed by atoms with E-state index < -0.39 is 5.82 Å². The number of nitrogens with zero attached hydrogens (tertiary/aromatic N) is 1. The summed E-state index contributed by atoms with van der Waals surface area (Å²) in [7, 11) is 0. The van der Waals surface area contributed by atoms with E-state index in [0.717, 1.165) is 24.9 Å². The Balaban J connectivity index is 1.41. The molecule has 1 fully saturated rings. The van der Waals surface area contributed by atoms with Gasteiger partial charge < -0.3 is 15.0 Å². The molecule has 5 nitrogen and oxygen atoms in total. The second-order valence-corrected chi connectivity index (χ2v) is 7.00. The maximum absolute atomic E-state index is 13.5. The lowest BCUT2D eigenvalue weighted by Crippen LogP contribution is -2.55. The number of nitrogens with one attached hydrogen (secondary N) is 1. The molecule has 3 rings (SSSR count). The van der Waals surface area contributed by atoms with Crippen LogP contribution in [0.5, 0.6) is 5.75 Å². The smallest absolute Gasteiger partial charge is 0.260 e. The Labute approximate surface area is 164 Å². The fraction of sp³-hybridized carbons (Fsp3) is 0.364. The van der Waals surface area contributed by atoms with Gasteiger partial charge in [0.2, 0.25) is 5.91 Å². The number of benzene rings is 2. The maximum atomic E-state index is 13.5. The second kappa shape index (κ2) is 9.35. The van der Waals surface area contributed by atoms with Crippen molar-refractivity contribution >= 4 is 17.5 Å². The van der Waals surface area contributed by atoms with E-state index in [-0.39, 0.29) is 30.1 Å². The van der Waals surface area contributed by atoms with E-state index >= 15 is 0 Å². The molecule has 0 radical (unpaired) electrons. The van der Waals surface area contributed by atoms with Gasteiger partial charge in [0, 0.05) is 18.8 Å². The molecule has 1 aliphatic rings. The highest BCUT2D eigenvalue weighted by Gasteiger charge is 2.35. The van der Waals surface area contributed by atoms with Crippen molar-refractivity contribution in [3.8, 4) is 5.75 Å². The van der Waals surface area contributed by atoms with E-state index in [2.05, 4.69) is 12.2 Å². The van der Waals surface area contributed by atoms with Gasteiger partial charge >= 0.3 is 0 Å². The molecule has 6 heteroatoms. The molecule has 2 amide bonds.